The lowest BCUT2D eigenvalue weighted by atomic mass is 9.97. The molecule has 0 aromatic carbocycles. The zero-order valence-electron chi connectivity index (χ0n) is 18.7. The van der Waals surface area contributed by atoms with Gasteiger partial charge in [-0.3, -0.25) is 0 Å². The molecular weight excluding hydrogens is 368 g/mol. The van der Waals surface area contributed by atoms with E-state index >= 15 is 0 Å². The van der Waals surface area contributed by atoms with Crippen molar-refractivity contribution >= 4 is 11.9 Å². The third-order valence-electron chi connectivity index (χ3n) is 4.97. The Morgan fingerprint density at radius 2 is 1.41 bits per heavy atom. The lowest BCUT2D eigenvalue weighted by Gasteiger charge is -2.25. The van der Waals surface area contributed by atoms with Crippen molar-refractivity contribution in [3.8, 4) is 0 Å². The highest BCUT2D eigenvalue weighted by Gasteiger charge is 2.37. The fourth-order valence-corrected chi connectivity index (χ4v) is 2.96. The van der Waals surface area contributed by atoms with Crippen LogP contribution >= 0.6 is 0 Å². The normalized spacial score (nSPS) is 14.9. The maximum atomic E-state index is 11.5. The van der Waals surface area contributed by atoms with Crippen LogP contribution in [0.5, 0.6) is 0 Å². The van der Waals surface area contributed by atoms with E-state index in [-0.39, 0.29) is 6.42 Å². The van der Waals surface area contributed by atoms with E-state index in [2.05, 4.69) is 31.2 Å². The van der Waals surface area contributed by atoms with Crippen LogP contribution in [0.15, 0.2) is 24.3 Å². The average Bonchev–Trinajstić information content (AvgIpc) is 2.67. The first-order valence-corrected chi connectivity index (χ1v) is 11.3. The second kappa shape index (κ2) is 17.3. The molecule has 0 aliphatic heterocycles. The molecule has 2 atom stereocenters. The molecule has 0 rings (SSSR count). The molecule has 0 fully saturated rings. The number of carboxylic acid groups (broad SMARTS) is 1. The Balaban J connectivity index is 3.72. The number of aliphatic hydroxyl groups is 1. The molecule has 0 spiro atoms. The molecule has 0 aromatic rings. The smallest absolute Gasteiger partial charge is 0.347 e. The van der Waals surface area contributed by atoms with Crippen molar-refractivity contribution in [2.24, 2.45) is 0 Å². The third-order valence-corrected chi connectivity index (χ3v) is 4.97. The summed E-state index contributed by atoms with van der Waals surface area (Å²) in [7, 11) is 0. The number of aliphatic hydroxyl groups excluding tert-OH is 1. The molecule has 0 saturated carbocycles. The van der Waals surface area contributed by atoms with E-state index in [0.29, 0.717) is 6.42 Å². The summed E-state index contributed by atoms with van der Waals surface area (Å²) in [5.41, 5.74) is -1.57. The van der Waals surface area contributed by atoms with Crippen molar-refractivity contribution in [2.45, 2.75) is 116 Å². The molecule has 2 unspecified atom stereocenters. The van der Waals surface area contributed by atoms with Gasteiger partial charge in [0.1, 0.15) is 6.10 Å². The zero-order valence-corrected chi connectivity index (χ0v) is 18.7. The summed E-state index contributed by atoms with van der Waals surface area (Å²) < 4.78 is 4.98. The first-order valence-electron chi connectivity index (χ1n) is 11.3. The number of rotatable bonds is 18. The van der Waals surface area contributed by atoms with Crippen molar-refractivity contribution in [2.75, 3.05) is 0 Å². The standard InChI is InChI=1S/C24H42O5/c1-4-5-6-7-8-9-10-11-12-13-14-15-16-17-18-19-20-24(3,23(27)28)29-22(26)21(2)25/h8-9,11-12,21,25H,4-7,10,13-20H2,1-3H3,(H,27,28). The van der Waals surface area contributed by atoms with E-state index in [1.165, 1.54) is 52.4 Å². The predicted molar refractivity (Wildman–Crippen MR) is 118 cm³/mol. The number of ether oxygens (including phenoxy) is 1. The van der Waals surface area contributed by atoms with E-state index in [1.54, 1.807) is 0 Å². The van der Waals surface area contributed by atoms with Crippen LogP contribution in [0.2, 0.25) is 0 Å². The second-order valence-corrected chi connectivity index (χ2v) is 7.97. The molecule has 2 N–H and O–H groups in total. The Labute approximate surface area is 177 Å². The number of hydrogen-bond acceptors (Lipinski definition) is 4. The lowest BCUT2D eigenvalue weighted by molar-refractivity contribution is -0.182. The quantitative estimate of drug-likeness (QED) is 0.165. The lowest BCUT2D eigenvalue weighted by Crippen LogP contribution is -2.42. The molecule has 29 heavy (non-hydrogen) atoms. The molecule has 0 aromatic heterocycles. The Morgan fingerprint density at radius 1 is 0.897 bits per heavy atom. The first kappa shape index (κ1) is 27.4. The summed E-state index contributed by atoms with van der Waals surface area (Å²) in [6, 6.07) is 0. The predicted octanol–water partition coefficient (Wildman–Crippen LogP) is 5.96. The summed E-state index contributed by atoms with van der Waals surface area (Å²) in [6.45, 7) is 4.88. The van der Waals surface area contributed by atoms with Gasteiger partial charge in [0.05, 0.1) is 0 Å². The van der Waals surface area contributed by atoms with Gasteiger partial charge in [0.15, 0.2) is 0 Å². The third kappa shape index (κ3) is 15.0. The summed E-state index contributed by atoms with van der Waals surface area (Å²) >= 11 is 0. The highest BCUT2D eigenvalue weighted by atomic mass is 16.6. The van der Waals surface area contributed by atoms with Crippen LogP contribution in [-0.2, 0) is 14.3 Å². The summed E-state index contributed by atoms with van der Waals surface area (Å²) in [5.74, 6) is -2.07. The Kier molecular flexibility index (Phi) is 16.3. The van der Waals surface area contributed by atoms with Gasteiger partial charge in [-0.15, -0.1) is 0 Å². The van der Waals surface area contributed by atoms with E-state index in [4.69, 9.17) is 4.74 Å². The number of carbonyl (C=O) groups is 2. The summed E-state index contributed by atoms with van der Waals surface area (Å²) in [4.78, 5) is 22.9. The van der Waals surface area contributed by atoms with Gasteiger partial charge in [-0.2, -0.15) is 0 Å². The molecule has 0 aliphatic rings. The maximum Gasteiger partial charge on any atom is 0.347 e. The fourth-order valence-electron chi connectivity index (χ4n) is 2.96. The number of hydrogen-bond donors (Lipinski definition) is 2. The van der Waals surface area contributed by atoms with Gasteiger partial charge < -0.3 is 14.9 Å². The Morgan fingerprint density at radius 3 is 1.93 bits per heavy atom. The number of allylic oxidation sites excluding steroid dienone is 4. The number of carbonyl (C=O) groups excluding carboxylic acids is 1. The minimum atomic E-state index is -1.57. The first-order chi connectivity index (χ1) is 13.8. The summed E-state index contributed by atoms with van der Waals surface area (Å²) in [6.07, 6.45) is 21.3. The highest BCUT2D eigenvalue weighted by Crippen LogP contribution is 2.21. The molecule has 0 aliphatic carbocycles. The van der Waals surface area contributed by atoms with Crippen molar-refractivity contribution in [3.63, 3.8) is 0 Å². The Bertz CT molecular complexity index is 495. The van der Waals surface area contributed by atoms with Gasteiger partial charge in [-0.1, -0.05) is 69.8 Å². The second-order valence-electron chi connectivity index (χ2n) is 7.97. The van der Waals surface area contributed by atoms with E-state index in [9.17, 15) is 19.8 Å². The number of aliphatic carboxylic acids is 1. The van der Waals surface area contributed by atoms with Crippen molar-refractivity contribution in [1.29, 1.82) is 0 Å². The van der Waals surface area contributed by atoms with E-state index in [1.807, 2.05) is 0 Å². The number of carboxylic acids is 1. The van der Waals surface area contributed by atoms with Crippen molar-refractivity contribution < 1.29 is 24.5 Å². The molecule has 168 valence electrons. The van der Waals surface area contributed by atoms with Gasteiger partial charge in [0.2, 0.25) is 5.60 Å². The minimum absolute atomic E-state index is 0.259. The molecule has 5 nitrogen and oxygen atoms in total. The fraction of sp³-hybridized carbons (Fsp3) is 0.750. The average molecular weight is 411 g/mol. The molecule has 0 radical (unpaired) electrons. The topological polar surface area (TPSA) is 83.8 Å². The number of unbranched alkanes of at least 4 members (excludes halogenated alkanes) is 9. The molecule has 0 bridgehead atoms. The highest BCUT2D eigenvalue weighted by molar-refractivity contribution is 5.82. The maximum absolute atomic E-state index is 11.5. The monoisotopic (exact) mass is 410 g/mol. The van der Waals surface area contributed by atoms with Gasteiger partial charge in [-0.05, 0) is 58.8 Å². The van der Waals surface area contributed by atoms with E-state index < -0.39 is 23.6 Å². The zero-order chi connectivity index (χ0) is 22.0. The number of esters is 1. The Hall–Kier alpha value is -1.62. The molecule has 0 heterocycles. The van der Waals surface area contributed by atoms with Gasteiger partial charge in [-0.25, -0.2) is 9.59 Å². The molecule has 0 amide bonds. The molecular formula is C24H42O5. The van der Waals surface area contributed by atoms with Crippen LogP contribution in [0.25, 0.3) is 0 Å². The van der Waals surface area contributed by atoms with Crippen LogP contribution < -0.4 is 0 Å². The van der Waals surface area contributed by atoms with Crippen LogP contribution in [-0.4, -0.2) is 33.9 Å². The van der Waals surface area contributed by atoms with Crippen molar-refractivity contribution in [1.82, 2.24) is 0 Å². The van der Waals surface area contributed by atoms with Gasteiger partial charge in [0, 0.05) is 0 Å². The SMILES string of the molecule is CCCCCC=CCC=CCCCCCCCCC(C)(OC(=O)C(C)O)C(=O)O. The van der Waals surface area contributed by atoms with Gasteiger partial charge in [0.25, 0.3) is 0 Å². The summed E-state index contributed by atoms with van der Waals surface area (Å²) in [5, 5.41) is 18.5. The van der Waals surface area contributed by atoms with Crippen LogP contribution in [0.1, 0.15) is 104 Å². The molecule has 5 heteroatoms. The van der Waals surface area contributed by atoms with E-state index in [0.717, 1.165) is 32.1 Å². The van der Waals surface area contributed by atoms with Crippen LogP contribution in [0, 0.1) is 0 Å². The van der Waals surface area contributed by atoms with Crippen LogP contribution in [0.4, 0.5) is 0 Å². The minimum Gasteiger partial charge on any atom is -0.478 e. The largest absolute Gasteiger partial charge is 0.478 e. The van der Waals surface area contributed by atoms with Crippen molar-refractivity contribution in [3.05, 3.63) is 24.3 Å². The van der Waals surface area contributed by atoms with Gasteiger partial charge >= 0.3 is 11.9 Å². The van der Waals surface area contributed by atoms with Crippen LogP contribution in [0.3, 0.4) is 0 Å². The molecule has 0 saturated heterocycles.